The third-order valence-corrected chi connectivity index (χ3v) is 3.70. The molecule has 0 aromatic heterocycles. The van der Waals surface area contributed by atoms with Crippen molar-refractivity contribution in [2.75, 3.05) is 14.2 Å². The minimum atomic E-state index is -0.992. The van der Waals surface area contributed by atoms with E-state index in [0.29, 0.717) is 17.1 Å². The molecule has 0 radical (unpaired) electrons. The SMILES string of the molecule is COc1cc(OC)cc(C(N)N=Nc2ccc(C)c([N+](=O)[O-])c2[N+](=O)[O-])c1. The maximum atomic E-state index is 11.3. The molecule has 27 heavy (non-hydrogen) atoms. The number of nitro benzene ring substituents is 2. The van der Waals surface area contributed by atoms with Gasteiger partial charge in [0, 0.05) is 11.6 Å². The van der Waals surface area contributed by atoms with Crippen molar-refractivity contribution in [1.29, 1.82) is 0 Å². The van der Waals surface area contributed by atoms with E-state index in [1.165, 1.54) is 33.3 Å². The van der Waals surface area contributed by atoms with Gasteiger partial charge in [0.05, 0.1) is 24.1 Å². The zero-order valence-electron chi connectivity index (χ0n) is 14.8. The van der Waals surface area contributed by atoms with Crippen LogP contribution in [-0.2, 0) is 0 Å². The van der Waals surface area contributed by atoms with E-state index in [1.807, 2.05) is 0 Å². The van der Waals surface area contributed by atoms with Gasteiger partial charge in [-0.05, 0) is 36.8 Å². The molecule has 0 spiro atoms. The van der Waals surface area contributed by atoms with E-state index >= 15 is 0 Å². The summed E-state index contributed by atoms with van der Waals surface area (Å²) in [5.41, 5.74) is 4.97. The molecule has 0 fully saturated rings. The number of rotatable bonds is 7. The van der Waals surface area contributed by atoms with E-state index in [1.54, 1.807) is 18.2 Å². The summed E-state index contributed by atoms with van der Waals surface area (Å²) in [5.74, 6) is 0.957. The van der Waals surface area contributed by atoms with Gasteiger partial charge in [0.2, 0.25) is 0 Å². The van der Waals surface area contributed by atoms with Crippen molar-refractivity contribution in [3.63, 3.8) is 0 Å². The van der Waals surface area contributed by atoms with E-state index < -0.39 is 27.4 Å². The Bertz CT molecular complexity index is 892. The van der Waals surface area contributed by atoms with Crippen molar-refractivity contribution in [2.45, 2.75) is 13.1 Å². The van der Waals surface area contributed by atoms with Crippen LogP contribution in [0.1, 0.15) is 17.3 Å². The predicted octanol–water partition coefficient (Wildman–Crippen LogP) is 3.57. The molecule has 0 heterocycles. The quantitative estimate of drug-likeness (QED) is 0.440. The number of ether oxygens (including phenoxy) is 2. The molecule has 2 rings (SSSR count). The molecule has 0 aliphatic carbocycles. The molecule has 11 heteroatoms. The number of nitrogens with two attached hydrogens (primary N) is 1. The lowest BCUT2D eigenvalue weighted by atomic mass is 10.1. The fourth-order valence-corrected chi connectivity index (χ4v) is 2.35. The summed E-state index contributed by atoms with van der Waals surface area (Å²) < 4.78 is 10.3. The van der Waals surface area contributed by atoms with Crippen LogP contribution >= 0.6 is 0 Å². The van der Waals surface area contributed by atoms with Crippen LogP contribution in [0.25, 0.3) is 0 Å². The van der Waals surface area contributed by atoms with Gasteiger partial charge in [-0.3, -0.25) is 20.2 Å². The van der Waals surface area contributed by atoms with Crippen LogP contribution in [0.5, 0.6) is 11.5 Å². The number of azo groups is 1. The molecule has 0 bridgehead atoms. The minimum Gasteiger partial charge on any atom is -0.497 e. The third kappa shape index (κ3) is 4.33. The van der Waals surface area contributed by atoms with E-state index in [0.717, 1.165) is 0 Å². The van der Waals surface area contributed by atoms with Crippen molar-refractivity contribution in [3.05, 3.63) is 61.7 Å². The lowest BCUT2D eigenvalue weighted by Crippen LogP contribution is -2.07. The normalized spacial score (nSPS) is 12.0. The number of benzene rings is 2. The van der Waals surface area contributed by atoms with Crippen LogP contribution in [0.3, 0.4) is 0 Å². The second-order valence-electron chi connectivity index (χ2n) is 5.42. The molecular weight excluding hydrogens is 358 g/mol. The Morgan fingerprint density at radius 1 is 1.00 bits per heavy atom. The number of nitro groups is 2. The molecule has 142 valence electrons. The Labute approximate surface area is 153 Å². The standard InChI is InChI=1S/C16H17N5O6/c1-9-4-5-13(15(21(24)25)14(9)20(22)23)18-19-16(17)10-6-11(26-2)8-12(7-10)27-3/h4-8,16H,17H2,1-3H3. The highest BCUT2D eigenvalue weighted by Crippen LogP contribution is 2.39. The van der Waals surface area contributed by atoms with Gasteiger partial charge in [-0.1, -0.05) is 0 Å². The zero-order chi connectivity index (χ0) is 20.1. The van der Waals surface area contributed by atoms with Gasteiger partial charge >= 0.3 is 11.4 Å². The Morgan fingerprint density at radius 3 is 2.04 bits per heavy atom. The van der Waals surface area contributed by atoms with Crippen molar-refractivity contribution in [3.8, 4) is 11.5 Å². The molecule has 0 amide bonds. The first-order valence-corrected chi connectivity index (χ1v) is 7.60. The maximum absolute atomic E-state index is 11.3. The number of hydrogen-bond donors (Lipinski definition) is 1. The minimum absolute atomic E-state index is 0.146. The molecule has 0 saturated carbocycles. The van der Waals surface area contributed by atoms with Gasteiger partial charge in [0.15, 0.2) is 5.69 Å². The van der Waals surface area contributed by atoms with Crippen LogP contribution in [-0.4, -0.2) is 24.1 Å². The van der Waals surface area contributed by atoms with Crippen molar-refractivity contribution < 1.29 is 19.3 Å². The number of nitrogens with zero attached hydrogens (tertiary/aromatic N) is 4. The molecule has 11 nitrogen and oxygen atoms in total. The van der Waals surface area contributed by atoms with E-state index in [-0.39, 0.29) is 11.3 Å². The average molecular weight is 375 g/mol. The first-order valence-electron chi connectivity index (χ1n) is 7.60. The van der Waals surface area contributed by atoms with Gasteiger partial charge < -0.3 is 15.2 Å². The van der Waals surface area contributed by atoms with Gasteiger partial charge in [0.25, 0.3) is 0 Å². The van der Waals surface area contributed by atoms with Crippen LogP contribution in [0.15, 0.2) is 40.6 Å². The first kappa shape index (κ1) is 19.7. The second-order valence-corrected chi connectivity index (χ2v) is 5.42. The monoisotopic (exact) mass is 375 g/mol. The van der Waals surface area contributed by atoms with Crippen LogP contribution in [0, 0.1) is 27.2 Å². The molecule has 0 aliphatic rings. The molecule has 2 N–H and O–H groups in total. The fraction of sp³-hybridized carbons (Fsp3) is 0.250. The molecule has 1 atom stereocenters. The Balaban J connectivity index is 2.45. The predicted molar refractivity (Wildman–Crippen MR) is 95.5 cm³/mol. The highest BCUT2D eigenvalue weighted by atomic mass is 16.6. The number of hydrogen-bond acceptors (Lipinski definition) is 9. The summed E-state index contributed by atoms with van der Waals surface area (Å²) >= 11 is 0. The van der Waals surface area contributed by atoms with Crippen molar-refractivity contribution in [1.82, 2.24) is 0 Å². The zero-order valence-corrected chi connectivity index (χ0v) is 14.8. The summed E-state index contributed by atoms with van der Waals surface area (Å²) in [6.45, 7) is 1.40. The lowest BCUT2D eigenvalue weighted by Gasteiger charge is -2.10. The maximum Gasteiger partial charge on any atom is 0.373 e. The van der Waals surface area contributed by atoms with Crippen LogP contribution in [0.4, 0.5) is 17.1 Å². The summed E-state index contributed by atoms with van der Waals surface area (Å²) in [6.07, 6.45) is -0.992. The van der Waals surface area contributed by atoms with E-state index in [2.05, 4.69) is 10.2 Å². The topological polar surface area (TPSA) is 155 Å². The van der Waals surface area contributed by atoms with Gasteiger partial charge in [-0.15, -0.1) is 5.11 Å². The largest absolute Gasteiger partial charge is 0.497 e. The van der Waals surface area contributed by atoms with Crippen LogP contribution in [0.2, 0.25) is 0 Å². The average Bonchev–Trinajstić information content (AvgIpc) is 2.65. The number of methoxy groups -OCH3 is 2. The molecule has 0 aliphatic heterocycles. The Morgan fingerprint density at radius 2 is 1.56 bits per heavy atom. The third-order valence-electron chi connectivity index (χ3n) is 3.70. The lowest BCUT2D eigenvalue weighted by molar-refractivity contribution is -0.422. The van der Waals surface area contributed by atoms with Crippen LogP contribution < -0.4 is 15.2 Å². The van der Waals surface area contributed by atoms with Crippen molar-refractivity contribution in [2.24, 2.45) is 16.0 Å². The Kier molecular flexibility index (Phi) is 5.98. The first-order chi connectivity index (χ1) is 12.8. The molecular formula is C16H17N5O6. The highest BCUT2D eigenvalue weighted by molar-refractivity contribution is 5.71. The van der Waals surface area contributed by atoms with E-state index in [4.69, 9.17) is 15.2 Å². The van der Waals surface area contributed by atoms with E-state index in [9.17, 15) is 20.2 Å². The summed E-state index contributed by atoms with van der Waals surface area (Å²) in [6, 6.07) is 7.50. The molecule has 2 aromatic rings. The van der Waals surface area contributed by atoms with Gasteiger partial charge in [-0.25, -0.2) is 0 Å². The highest BCUT2D eigenvalue weighted by Gasteiger charge is 2.31. The fourth-order valence-electron chi connectivity index (χ4n) is 2.35. The summed E-state index contributed by atoms with van der Waals surface area (Å²) in [5, 5.41) is 30.1. The smallest absolute Gasteiger partial charge is 0.373 e. The van der Waals surface area contributed by atoms with Gasteiger partial charge in [-0.2, -0.15) is 5.11 Å². The molecule has 0 saturated heterocycles. The summed E-state index contributed by atoms with van der Waals surface area (Å²) in [4.78, 5) is 20.8. The second kappa shape index (κ2) is 8.19. The van der Waals surface area contributed by atoms with Gasteiger partial charge in [0.1, 0.15) is 17.7 Å². The molecule has 1 unspecified atom stereocenters. The Hall–Kier alpha value is -3.60. The molecule has 2 aromatic carbocycles. The number of aryl methyl sites for hydroxylation is 1. The van der Waals surface area contributed by atoms with Crippen molar-refractivity contribution >= 4 is 17.1 Å². The summed E-state index contributed by atoms with van der Waals surface area (Å²) in [7, 11) is 2.95.